The zero-order chi connectivity index (χ0) is 9.98. The summed E-state index contributed by atoms with van der Waals surface area (Å²) < 4.78 is 0. The molecule has 0 aromatic rings. The second kappa shape index (κ2) is 9.42. The number of hydrogen-bond donors (Lipinski definition) is 2. The van der Waals surface area contributed by atoms with Crippen molar-refractivity contribution in [2.75, 3.05) is 0 Å². The van der Waals surface area contributed by atoms with Crippen LogP contribution in [0.3, 0.4) is 0 Å². The van der Waals surface area contributed by atoms with Crippen molar-refractivity contribution in [2.24, 2.45) is 11.5 Å². The van der Waals surface area contributed by atoms with Gasteiger partial charge in [-0.2, -0.15) is 0 Å². The molecule has 4 nitrogen and oxygen atoms in total. The third-order valence-electron chi connectivity index (χ3n) is 0.662. The van der Waals surface area contributed by atoms with Crippen molar-refractivity contribution in [2.45, 2.75) is 13.8 Å². The molecule has 0 fully saturated rings. The summed E-state index contributed by atoms with van der Waals surface area (Å²) in [4.78, 5) is 19.5. The predicted molar refractivity (Wildman–Crippen MR) is 48.0 cm³/mol. The van der Waals surface area contributed by atoms with Gasteiger partial charge in [0.05, 0.1) is 0 Å². The van der Waals surface area contributed by atoms with E-state index in [1.165, 1.54) is 12.2 Å². The Hall–Kier alpha value is -1.58. The van der Waals surface area contributed by atoms with E-state index in [0.717, 1.165) is 0 Å². The minimum Gasteiger partial charge on any atom is -0.366 e. The second-order valence-corrected chi connectivity index (χ2v) is 1.80. The molecule has 0 aliphatic carbocycles. The van der Waals surface area contributed by atoms with Crippen LogP contribution >= 0.6 is 0 Å². The third kappa shape index (κ3) is 23.7. The summed E-state index contributed by atoms with van der Waals surface area (Å²) in [7, 11) is 0. The first kappa shape index (κ1) is 13.0. The summed E-state index contributed by atoms with van der Waals surface area (Å²) in [6.07, 6.45) is 5.81. The van der Waals surface area contributed by atoms with Gasteiger partial charge < -0.3 is 11.5 Å². The van der Waals surface area contributed by atoms with Crippen LogP contribution in [0.4, 0.5) is 0 Å². The average Bonchev–Trinajstić information content (AvgIpc) is 1.87. The fourth-order valence-corrected chi connectivity index (χ4v) is 0.329. The van der Waals surface area contributed by atoms with Gasteiger partial charge in [0.2, 0.25) is 11.8 Å². The van der Waals surface area contributed by atoms with Gasteiger partial charge in [0.15, 0.2) is 0 Å². The zero-order valence-corrected chi connectivity index (χ0v) is 7.28. The van der Waals surface area contributed by atoms with Gasteiger partial charge in [0.1, 0.15) is 0 Å². The largest absolute Gasteiger partial charge is 0.366 e. The average molecular weight is 170 g/mol. The molecule has 0 saturated heterocycles. The molecule has 0 aliphatic rings. The molecule has 4 N–H and O–H groups in total. The number of rotatable bonds is 2. The summed E-state index contributed by atoms with van der Waals surface area (Å²) in [6, 6.07) is 0. The van der Waals surface area contributed by atoms with E-state index < -0.39 is 11.8 Å². The van der Waals surface area contributed by atoms with Crippen molar-refractivity contribution >= 4 is 11.8 Å². The molecule has 0 spiro atoms. The minimum absolute atomic E-state index is 0.391. The SMILES string of the molecule is CC=CC(N)=O.CC=CC(N)=O. The van der Waals surface area contributed by atoms with E-state index in [2.05, 4.69) is 11.5 Å². The number of amides is 2. The van der Waals surface area contributed by atoms with E-state index in [-0.39, 0.29) is 0 Å². The molecule has 0 radical (unpaired) electrons. The highest BCUT2D eigenvalue weighted by atomic mass is 16.1. The molecule has 0 atom stereocenters. The van der Waals surface area contributed by atoms with Gasteiger partial charge in [0.25, 0.3) is 0 Å². The summed E-state index contributed by atoms with van der Waals surface area (Å²) in [5.74, 6) is -0.782. The lowest BCUT2D eigenvalue weighted by molar-refractivity contribution is -0.114. The standard InChI is InChI=1S/2C4H7NO/c2*1-2-3-4(5)6/h2*2-3H,1H3,(H2,5,6). The normalized spacial score (nSPS) is 9.50. The van der Waals surface area contributed by atoms with Crippen LogP contribution in [-0.2, 0) is 9.59 Å². The Bertz CT molecular complexity index is 173. The maximum Gasteiger partial charge on any atom is 0.241 e. The number of nitrogens with two attached hydrogens (primary N) is 2. The molecule has 0 bridgehead atoms. The molecule has 0 aliphatic heterocycles. The van der Waals surface area contributed by atoms with Crippen molar-refractivity contribution in [3.05, 3.63) is 24.3 Å². The number of hydrogen-bond acceptors (Lipinski definition) is 2. The molecule has 0 aromatic heterocycles. The van der Waals surface area contributed by atoms with Gasteiger partial charge in [-0.25, -0.2) is 0 Å². The van der Waals surface area contributed by atoms with Crippen LogP contribution in [-0.4, -0.2) is 11.8 Å². The van der Waals surface area contributed by atoms with Crippen LogP contribution in [0.2, 0.25) is 0 Å². The van der Waals surface area contributed by atoms with Gasteiger partial charge in [0, 0.05) is 0 Å². The van der Waals surface area contributed by atoms with Gasteiger partial charge in [-0.1, -0.05) is 12.2 Å². The van der Waals surface area contributed by atoms with Gasteiger partial charge >= 0.3 is 0 Å². The van der Waals surface area contributed by atoms with E-state index in [0.29, 0.717) is 0 Å². The smallest absolute Gasteiger partial charge is 0.241 e. The molecule has 0 saturated carbocycles. The Labute approximate surface area is 71.9 Å². The van der Waals surface area contributed by atoms with E-state index >= 15 is 0 Å². The quantitative estimate of drug-likeness (QED) is 0.575. The Kier molecular flexibility index (Phi) is 10.2. The minimum atomic E-state index is -0.391. The number of allylic oxidation sites excluding steroid dienone is 2. The van der Waals surface area contributed by atoms with E-state index in [9.17, 15) is 9.59 Å². The number of carbonyl (C=O) groups excluding carboxylic acids is 2. The van der Waals surface area contributed by atoms with Crippen molar-refractivity contribution in [1.29, 1.82) is 0 Å². The maximum absolute atomic E-state index is 9.73. The molecule has 12 heavy (non-hydrogen) atoms. The second-order valence-electron chi connectivity index (χ2n) is 1.80. The van der Waals surface area contributed by atoms with Crippen LogP contribution in [0.1, 0.15) is 13.8 Å². The van der Waals surface area contributed by atoms with Crippen LogP contribution < -0.4 is 11.5 Å². The van der Waals surface area contributed by atoms with Gasteiger partial charge in [-0.05, 0) is 26.0 Å². The maximum atomic E-state index is 9.73. The lowest BCUT2D eigenvalue weighted by atomic mass is 10.5. The zero-order valence-electron chi connectivity index (χ0n) is 7.28. The Morgan fingerprint density at radius 2 is 1.17 bits per heavy atom. The highest BCUT2D eigenvalue weighted by Gasteiger charge is 1.73. The lowest BCUT2D eigenvalue weighted by Gasteiger charge is -1.70. The van der Waals surface area contributed by atoms with E-state index in [1.807, 2.05) is 0 Å². The number of carbonyl (C=O) groups is 2. The van der Waals surface area contributed by atoms with Crippen molar-refractivity contribution < 1.29 is 9.59 Å². The highest BCUT2D eigenvalue weighted by Crippen LogP contribution is 1.62. The molecular weight excluding hydrogens is 156 g/mol. The van der Waals surface area contributed by atoms with Crippen molar-refractivity contribution in [3.63, 3.8) is 0 Å². The summed E-state index contributed by atoms with van der Waals surface area (Å²) in [5.41, 5.74) is 9.35. The first-order chi connectivity index (χ1) is 5.54. The first-order valence-corrected chi connectivity index (χ1v) is 3.38. The lowest BCUT2D eigenvalue weighted by Crippen LogP contribution is -2.04. The molecular formula is C8H14N2O2. The first-order valence-electron chi connectivity index (χ1n) is 3.38. The summed E-state index contributed by atoms with van der Waals surface area (Å²) >= 11 is 0. The monoisotopic (exact) mass is 170 g/mol. The molecule has 0 heterocycles. The van der Waals surface area contributed by atoms with Gasteiger partial charge in [-0.15, -0.1) is 0 Å². The molecule has 4 heteroatoms. The molecule has 0 unspecified atom stereocenters. The Morgan fingerprint density at radius 3 is 1.17 bits per heavy atom. The fraction of sp³-hybridized carbons (Fsp3) is 0.250. The van der Waals surface area contributed by atoms with E-state index in [1.54, 1.807) is 26.0 Å². The highest BCUT2D eigenvalue weighted by molar-refractivity contribution is 5.85. The molecule has 0 aromatic carbocycles. The van der Waals surface area contributed by atoms with Crippen LogP contribution in [0.15, 0.2) is 24.3 Å². The van der Waals surface area contributed by atoms with Crippen LogP contribution in [0.25, 0.3) is 0 Å². The topological polar surface area (TPSA) is 86.2 Å². The predicted octanol–water partition coefficient (Wildman–Crippen LogP) is 0.0956. The van der Waals surface area contributed by atoms with Crippen molar-refractivity contribution in [1.82, 2.24) is 0 Å². The third-order valence-corrected chi connectivity index (χ3v) is 0.662. The molecule has 0 rings (SSSR count). The van der Waals surface area contributed by atoms with E-state index in [4.69, 9.17) is 0 Å². The summed E-state index contributed by atoms with van der Waals surface area (Å²) in [6.45, 7) is 3.48. The Morgan fingerprint density at radius 1 is 0.917 bits per heavy atom. The van der Waals surface area contributed by atoms with Crippen LogP contribution in [0, 0.1) is 0 Å². The van der Waals surface area contributed by atoms with Gasteiger partial charge in [-0.3, -0.25) is 9.59 Å². The molecule has 68 valence electrons. The van der Waals surface area contributed by atoms with Crippen LogP contribution in [0.5, 0.6) is 0 Å². The Balaban J connectivity index is 0. The van der Waals surface area contributed by atoms with Crippen molar-refractivity contribution in [3.8, 4) is 0 Å². The fourth-order valence-electron chi connectivity index (χ4n) is 0.329. The molecule has 2 amide bonds. The summed E-state index contributed by atoms with van der Waals surface area (Å²) in [5, 5.41) is 0. The number of primary amides is 2.